The smallest absolute Gasteiger partial charge is 0.277 e. The summed E-state index contributed by atoms with van der Waals surface area (Å²) in [6, 6.07) is 3.55. The van der Waals surface area contributed by atoms with Crippen molar-refractivity contribution in [3.8, 4) is 0 Å². The molecule has 1 fully saturated rings. The third-order valence-electron chi connectivity index (χ3n) is 3.47. The van der Waals surface area contributed by atoms with E-state index in [4.69, 9.17) is 9.15 Å². The summed E-state index contributed by atoms with van der Waals surface area (Å²) in [4.78, 5) is 24.2. The normalized spacial score (nSPS) is 16.7. The highest BCUT2D eigenvalue weighted by Crippen LogP contribution is 2.16. The number of ether oxygens (including phenoxy) is 1. The van der Waals surface area contributed by atoms with Crippen LogP contribution in [-0.4, -0.2) is 47.0 Å². The maximum Gasteiger partial charge on any atom is 0.277 e. The van der Waals surface area contributed by atoms with E-state index in [1.807, 2.05) is 11.4 Å². The Bertz CT molecular complexity index is 698. The van der Waals surface area contributed by atoms with Crippen molar-refractivity contribution in [3.05, 3.63) is 28.3 Å². The van der Waals surface area contributed by atoms with E-state index in [2.05, 4.69) is 20.8 Å². The van der Waals surface area contributed by atoms with Crippen LogP contribution in [-0.2, 0) is 16.1 Å². The molecule has 2 aromatic heterocycles. The summed E-state index contributed by atoms with van der Waals surface area (Å²) in [5.41, 5.74) is 0. The van der Waals surface area contributed by atoms with E-state index in [1.54, 1.807) is 6.07 Å². The second-order valence-corrected chi connectivity index (χ2v) is 7.22. The van der Waals surface area contributed by atoms with Crippen molar-refractivity contribution in [2.24, 2.45) is 0 Å². The zero-order chi connectivity index (χ0) is 17.5. The first kappa shape index (κ1) is 17.9. The summed E-state index contributed by atoms with van der Waals surface area (Å²) >= 11 is 2.52. The predicted octanol–water partition coefficient (Wildman–Crippen LogP) is 1.45. The molecule has 3 rings (SSSR count). The van der Waals surface area contributed by atoms with E-state index in [0.717, 1.165) is 31.2 Å². The van der Waals surface area contributed by atoms with Crippen LogP contribution in [0.1, 0.15) is 28.4 Å². The van der Waals surface area contributed by atoms with Crippen LogP contribution in [0.15, 0.2) is 27.2 Å². The van der Waals surface area contributed by atoms with Gasteiger partial charge in [0.2, 0.25) is 11.8 Å². The van der Waals surface area contributed by atoms with Gasteiger partial charge in [0.05, 0.1) is 23.3 Å². The molecule has 0 aliphatic carbocycles. The second kappa shape index (κ2) is 8.97. The SMILES string of the molecule is O=C(CSc1nnc(CNC(=O)c2cccs2)o1)NC[C@@H]1CCCO1. The molecule has 0 bridgehead atoms. The lowest BCUT2D eigenvalue weighted by Gasteiger charge is -2.09. The number of carbonyl (C=O) groups excluding carboxylic acids is 2. The van der Waals surface area contributed by atoms with Gasteiger partial charge in [-0.25, -0.2) is 0 Å². The summed E-state index contributed by atoms with van der Waals surface area (Å²) in [7, 11) is 0. The fraction of sp³-hybridized carbons (Fsp3) is 0.467. The Morgan fingerprint density at radius 2 is 2.28 bits per heavy atom. The van der Waals surface area contributed by atoms with Gasteiger partial charge in [0.15, 0.2) is 0 Å². The summed E-state index contributed by atoms with van der Waals surface area (Å²) in [6.45, 7) is 1.45. The number of amides is 2. The molecule has 0 aromatic carbocycles. The van der Waals surface area contributed by atoms with Crippen molar-refractivity contribution >= 4 is 34.9 Å². The van der Waals surface area contributed by atoms with Crippen LogP contribution in [0.4, 0.5) is 0 Å². The van der Waals surface area contributed by atoms with E-state index in [-0.39, 0.29) is 30.2 Å². The molecular weight excluding hydrogens is 364 g/mol. The quantitative estimate of drug-likeness (QED) is 0.666. The number of hydrogen-bond donors (Lipinski definition) is 2. The third-order valence-corrected chi connectivity index (χ3v) is 5.16. The Hall–Kier alpha value is -1.91. The van der Waals surface area contributed by atoms with E-state index in [0.29, 0.717) is 22.5 Å². The molecule has 134 valence electrons. The molecule has 8 nitrogen and oxygen atoms in total. The van der Waals surface area contributed by atoms with Crippen LogP contribution in [0.2, 0.25) is 0 Å². The standard InChI is InChI=1S/C15H18N4O4S2/c20-12(16-7-10-3-1-5-22-10)9-25-15-19-18-13(23-15)8-17-14(21)11-4-2-6-24-11/h2,4,6,10H,1,3,5,7-9H2,(H,16,20)(H,17,21)/t10-/m0/s1. The van der Waals surface area contributed by atoms with Gasteiger partial charge in [-0.3, -0.25) is 9.59 Å². The molecule has 1 aliphatic rings. The summed E-state index contributed by atoms with van der Waals surface area (Å²) in [5.74, 6) is 0.199. The Morgan fingerprint density at radius 1 is 1.36 bits per heavy atom. The molecule has 0 unspecified atom stereocenters. The fourth-order valence-electron chi connectivity index (χ4n) is 2.23. The third kappa shape index (κ3) is 5.55. The Balaban J connectivity index is 1.36. The monoisotopic (exact) mass is 382 g/mol. The first-order valence-electron chi connectivity index (χ1n) is 7.86. The molecule has 10 heteroatoms. The van der Waals surface area contributed by atoms with Crippen molar-refractivity contribution in [2.75, 3.05) is 18.9 Å². The minimum absolute atomic E-state index is 0.105. The number of thiophene rings is 1. The minimum Gasteiger partial charge on any atom is -0.414 e. The minimum atomic E-state index is -0.184. The molecule has 0 saturated carbocycles. The highest BCUT2D eigenvalue weighted by atomic mass is 32.2. The van der Waals surface area contributed by atoms with E-state index in [1.165, 1.54) is 11.3 Å². The van der Waals surface area contributed by atoms with Gasteiger partial charge in [-0.2, -0.15) is 0 Å². The van der Waals surface area contributed by atoms with Gasteiger partial charge in [0, 0.05) is 13.2 Å². The van der Waals surface area contributed by atoms with Crippen molar-refractivity contribution in [1.29, 1.82) is 0 Å². The molecule has 3 heterocycles. The molecule has 2 amide bonds. The second-order valence-electron chi connectivity index (χ2n) is 5.35. The molecule has 0 radical (unpaired) electrons. The number of aromatic nitrogens is 2. The van der Waals surface area contributed by atoms with Crippen LogP contribution < -0.4 is 10.6 Å². The summed E-state index contributed by atoms with van der Waals surface area (Å²) in [5, 5.41) is 15.4. The number of thioether (sulfide) groups is 1. The number of nitrogens with one attached hydrogen (secondary N) is 2. The first-order valence-corrected chi connectivity index (χ1v) is 9.72. The van der Waals surface area contributed by atoms with Gasteiger partial charge in [0.1, 0.15) is 0 Å². The largest absolute Gasteiger partial charge is 0.414 e. The number of carbonyl (C=O) groups is 2. The lowest BCUT2D eigenvalue weighted by molar-refractivity contribution is -0.119. The molecule has 1 aliphatic heterocycles. The van der Waals surface area contributed by atoms with Crippen LogP contribution in [0, 0.1) is 0 Å². The van der Waals surface area contributed by atoms with Crippen LogP contribution in [0.25, 0.3) is 0 Å². The summed E-state index contributed by atoms with van der Waals surface area (Å²) < 4.78 is 10.9. The van der Waals surface area contributed by atoms with Gasteiger partial charge in [-0.05, 0) is 24.3 Å². The Labute approximate surface area is 152 Å². The topological polar surface area (TPSA) is 106 Å². The van der Waals surface area contributed by atoms with Crippen molar-refractivity contribution in [2.45, 2.75) is 30.7 Å². The Morgan fingerprint density at radius 3 is 3.04 bits per heavy atom. The molecule has 2 aromatic rings. The number of nitrogens with zero attached hydrogens (tertiary/aromatic N) is 2. The van der Waals surface area contributed by atoms with Crippen LogP contribution >= 0.6 is 23.1 Å². The van der Waals surface area contributed by atoms with Crippen molar-refractivity contribution in [1.82, 2.24) is 20.8 Å². The highest BCUT2D eigenvalue weighted by Gasteiger charge is 2.17. The molecule has 25 heavy (non-hydrogen) atoms. The molecule has 1 saturated heterocycles. The van der Waals surface area contributed by atoms with E-state index >= 15 is 0 Å². The van der Waals surface area contributed by atoms with Crippen molar-refractivity contribution < 1.29 is 18.7 Å². The van der Waals surface area contributed by atoms with Crippen molar-refractivity contribution in [3.63, 3.8) is 0 Å². The lowest BCUT2D eigenvalue weighted by atomic mass is 10.2. The molecular formula is C15H18N4O4S2. The van der Waals surface area contributed by atoms with E-state index in [9.17, 15) is 9.59 Å². The zero-order valence-electron chi connectivity index (χ0n) is 13.4. The average molecular weight is 382 g/mol. The zero-order valence-corrected chi connectivity index (χ0v) is 15.0. The van der Waals surface area contributed by atoms with Crippen LogP contribution in [0.5, 0.6) is 0 Å². The maximum atomic E-state index is 11.8. The number of hydrogen-bond acceptors (Lipinski definition) is 8. The number of rotatable bonds is 8. The van der Waals surface area contributed by atoms with Gasteiger partial charge in [0.25, 0.3) is 11.1 Å². The van der Waals surface area contributed by atoms with Gasteiger partial charge < -0.3 is 19.8 Å². The Kier molecular flexibility index (Phi) is 6.42. The average Bonchev–Trinajstić information content (AvgIpc) is 3.38. The fourth-order valence-corrected chi connectivity index (χ4v) is 3.48. The maximum absolute atomic E-state index is 11.8. The van der Waals surface area contributed by atoms with Gasteiger partial charge in [-0.1, -0.05) is 17.8 Å². The molecule has 1 atom stereocenters. The molecule has 2 N–H and O–H groups in total. The highest BCUT2D eigenvalue weighted by molar-refractivity contribution is 7.99. The molecule has 0 spiro atoms. The van der Waals surface area contributed by atoms with Crippen LogP contribution in [0.3, 0.4) is 0 Å². The van der Waals surface area contributed by atoms with Gasteiger partial charge >= 0.3 is 0 Å². The first-order chi connectivity index (χ1) is 12.2. The van der Waals surface area contributed by atoms with Gasteiger partial charge in [-0.15, -0.1) is 21.5 Å². The lowest BCUT2D eigenvalue weighted by Crippen LogP contribution is -2.32. The summed E-state index contributed by atoms with van der Waals surface area (Å²) in [6.07, 6.45) is 2.15. The van der Waals surface area contributed by atoms with E-state index < -0.39 is 0 Å². The predicted molar refractivity (Wildman–Crippen MR) is 92.5 cm³/mol.